The smallest absolute Gasteiger partial charge is 0.305 e. The van der Waals surface area contributed by atoms with Gasteiger partial charge in [-0.05, 0) is 31.5 Å². The van der Waals surface area contributed by atoms with Gasteiger partial charge in [-0.3, -0.25) is 19.3 Å². The molecule has 0 aliphatic carbocycles. The number of aromatic nitrogens is 3. The monoisotopic (exact) mass is 342 g/mol. The first-order valence-electron chi connectivity index (χ1n) is 8.06. The molecule has 23 heavy (non-hydrogen) atoms. The van der Waals surface area contributed by atoms with E-state index < -0.39 is 0 Å². The maximum Gasteiger partial charge on any atom is 0.305 e. The number of ether oxygens (including phenoxy) is 1. The molecule has 1 amide bonds. The highest BCUT2D eigenvalue weighted by Gasteiger charge is 2.09. The molecular weight excluding hydrogens is 316 g/mol. The zero-order valence-corrected chi connectivity index (χ0v) is 14.7. The summed E-state index contributed by atoms with van der Waals surface area (Å²) in [7, 11) is 1.40. The van der Waals surface area contributed by atoms with Crippen molar-refractivity contribution in [3.05, 3.63) is 10.6 Å². The van der Waals surface area contributed by atoms with Crippen molar-refractivity contribution in [1.29, 1.82) is 0 Å². The third-order valence-electron chi connectivity index (χ3n) is 3.47. The van der Waals surface area contributed by atoms with Gasteiger partial charge in [0.15, 0.2) is 4.77 Å². The molecular formula is C15H26N4O3S. The van der Waals surface area contributed by atoms with Gasteiger partial charge in [0.2, 0.25) is 5.91 Å². The minimum Gasteiger partial charge on any atom is -0.469 e. The van der Waals surface area contributed by atoms with Gasteiger partial charge in [-0.1, -0.05) is 19.8 Å². The maximum atomic E-state index is 12.0. The second kappa shape index (κ2) is 10.9. The van der Waals surface area contributed by atoms with E-state index in [-0.39, 0.29) is 18.4 Å². The third-order valence-corrected chi connectivity index (χ3v) is 3.78. The molecule has 2 N–H and O–H groups in total. The average Bonchev–Trinajstić information content (AvgIpc) is 2.87. The number of esters is 1. The molecule has 0 bridgehead atoms. The Morgan fingerprint density at radius 3 is 2.74 bits per heavy atom. The standard InChI is InChI=1S/C15H26N4O3S/c1-3-8-12-17-18-15(23)19(12)11-13(20)16-10-7-5-4-6-9-14(21)22-2/h3-11H2,1-2H3,(H,16,20)(H,18,23). The van der Waals surface area contributed by atoms with E-state index in [1.165, 1.54) is 7.11 Å². The Kier molecular flexibility index (Phi) is 9.20. The largest absolute Gasteiger partial charge is 0.469 e. The molecule has 0 saturated carbocycles. The van der Waals surface area contributed by atoms with Crippen LogP contribution in [0.5, 0.6) is 0 Å². The Labute approximate surface area is 141 Å². The Hall–Kier alpha value is -1.70. The maximum absolute atomic E-state index is 12.0. The fourth-order valence-corrected chi connectivity index (χ4v) is 2.42. The summed E-state index contributed by atoms with van der Waals surface area (Å²) in [5, 5.41) is 9.76. The van der Waals surface area contributed by atoms with Gasteiger partial charge in [-0.2, -0.15) is 5.10 Å². The number of unbranched alkanes of at least 4 members (excludes halogenated alkanes) is 3. The number of aromatic amines is 1. The zero-order valence-electron chi connectivity index (χ0n) is 13.9. The SMILES string of the molecule is CCCc1n[nH]c(=S)n1CC(=O)NCCCCCCC(=O)OC. The summed E-state index contributed by atoms with van der Waals surface area (Å²) in [4.78, 5) is 22.9. The Morgan fingerprint density at radius 2 is 2.04 bits per heavy atom. The summed E-state index contributed by atoms with van der Waals surface area (Å²) in [6.07, 6.45) is 5.85. The van der Waals surface area contributed by atoms with Crippen LogP contribution in [-0.2, 0) is 27.3 Å². The van der Waals surface area contributed by atoms with E-state index in [4.69, 9.17) is 12.2 Å². The van der Waals surface area contributed by atoms with Crippen molar-refractivity contribution in [2.24, 2.45) is 0 Å². The highest BCUT2D eigenvalue weighted by atomic mass is 32.1. The number of carbonyl (C=O) groups excluding carboxylic acids is 2. The molecule has 0 aromatic carbocycles. The molecule has 130 valence electrons. The molecule has 0 atom stereocenters. The van der Waals surface area contributed by atoms with Gasteiger partial charge in [-0.25, -0.2) is 0 Å². The Morgan fingerprint density at radius 1 is 1.30 bits per heavy atom. The van der Waals surface area contributed by atoms with E-state index in [1.54, 1.807) is 4.57 Å². The van der Waals surface area contributed by atoms with Crippen molar-refractivity contribution in [2.75, 3.05) is 13.7 Å². The van der Waals surface area contributed by atoms with E-state index in [9.17, 15) is 9.59 Å². The number of aryl methyl sites for hydroxylation is 1. The van der Waals surface area contributed by atoms with E-state index in [1.807, 2.05) is 0 Å². The summed E-state index contributed by atoms with van der Waals surface area (Å²) in [6.45, 7) is 2.89. The van der Waals surface area contributed by atoms with Crippen molar-refractivity contribution in [2.45, 2.75) is 58.4 Å². The van der Waals surface area contributed by atoms with Crippen molar-refractivity contribution in [1.82, 2.24) is 20.1 Å². The second-order valence-electron chi connectivity index (χ2n) is 5.37. The average molecular weight is 342 g/mol. The summed E-state index contributed by atoms with van der Waals surface area (Å²) in [5.41, 5.74) is 0. The Bertz CT molecular complexity index is 553. The van der Waals surface area contributed by atoms with Crippen LogP contribution in [0, 0.1) is 4.77 Å². The van der Waals surface area contributed by atoms with Gasteiger partial charge in [0.25, 0.3) is 0 Å². The van der Waals surface area contributed by atoms with Crippen molar-refractivity contribution >= 4 is 24.1 Å². The molecule has 0 aliphatic rings. The zero-order chi connectivity index (χ0) is 17.1. The number of nitrogens with one attached hydrogen (secondary N) is 2. The molecule has 0 aliphatic heterocycles. The van der Waals surface area contributed by atoms with E-state index in [0.29, 0.717) is 17.7 Å². The molecule has 7 nitrogen and oxygen atoms in total. The van der Waals surface area contributed by atoms with Crippen LogP contribution in [0.3, 0.4) is 0 Å². The number of methoxy groups -OCH3 is 1. The number of hydrogen-bond donors (Lipinski definition) is 2. The van der Waals surface area contributed by atoms with Crippen molar-refractivity contribution < 1.29 is 14.3 Å². The van der Waals surface area contributed by atoms with Crippen LogP contribution < -0.4 is 5.32 Å². The second-order valence-corrected chi connectivity index (χ2v) is 5.76. The fourth-order valence-electron chi connectivity index (χ4n) is 2.21. The fraction of sp³-hybridized carbons (Fsp3) is 0.733. The first-order chi connectivity index (χ1) is 11.1. The first kappa shape index (κ1) is 19.3. The van der Waals surface area contributed by atoms with Gasteiger partial charge in [0.05, 0.1) is 7.11 Å². The predicted octanol–water partition coefficient (Wildman–Crippen LogP) is 2.13. The number of amides is 1. The Balaban J connectivity index is 2.19. The van der Waals surface area contributed by atoms with Crippen LogP contribution in [0.15, 0.2) is 0 Å². The van der Waals surface area contributed by atoms with Crippen LogP contribution in [0.25, 0.3) is 0 Å². The summed E-state index contributed by atoms with van der Waals surface area (Å²) < 4.78 is 6.80. The van der Waals surface area contributed by atoms with Crippen LogP contribution in [-0.4, -0.2) is 40.3 Å². The molecule has 1 aromatic heterocycles. The summed E-state index contributed by atoms with van der Waals surface area (Å²) in [5.74, 6) is 0.586. The minimum absolute atomic E-state index is 0.0607. The normalized spacial score (nSPS) is 10.5. The third kappa shape index (κ3) is 7.40. The predicted molar refractivity (Wildman–Crippen MR) is 89.5 cm³/mol. The van der Waals surface area contributed by atoms with Crippen LogP contribution in [0.1, 0.15) is 51.3 Å². The lowest BCUT2D eigenvalue weighted by atomic mass is 10.1. The number of H-pyrrole nitrogens is 1. The minimum atomic E-state index is -0.168. The van der Waals surface area contributed by atoms with Gasteiger partial charge in [0.1, 0.15) is 12.4 Å². The topological polar surface area (TPSA) is 89.0 Å². The molecule has 0 fully saturated rings. The van der Waals surface area contributed by atoms with E-state index in [0.717, 1.165) is 44.3 Å². The van der Waals surface area contributed by atoms with Gasteiger partial charge in [-0.15, -0.1) is 0 Å². The van der Waals surface area contributed by atoms with Gasteiger partial charge < -0.3 is 10.1 Å². The number of nitrogens with zero attached hydrogens (tertiary/aromatic N) is 2. The molecule has 0 radical (unpaired) electrons. The number of rotatable bonds is 11. The summed E-state index contributed by atoms with van der Waals surface area (Å²) >= 11 is 5.15. The van der Waals surface area contributed by atoms with E-state index in [2.05, 4.69) is 27.2 Å². The lowest BCUT2D eigenvalue weighted by molar-refractivity contribution is -0.140. The molecule has 0 saturated heterocycles. The van der Waals surface area contributed by atoms with Crippen LogP contribution in [0.2, 0.25) is 0 Å². The number of hydrogen-bond acceptors (Lipinski definition) is 5. The molecule has 1 aromatic rings. The van der Waals surface area contributed by atoms with Gasteiger partial charge in [0, 0.05) is 19.4 Å². The van der Waals surface area contributed by atoms with Gasteiger partial charge >= 0.3 is 5.97 Å². The van der Waals surface area contributed by atoms with Crippen molar-refractivity contribution in [3.8, 4) is 0 Å². The molecule has 1 heterocycles. The molecule has 8 heteroatoms. The molecule has 0 unspecified atom stereocenters. The quantitative estimate of drug-likeness (QED) is 0.365. The van der Waals surface area contributed by atoms with Crippen LogP contribution in [0.4, 0.5) is 0 Å². The number of carbonyl (C=O) groups is 2. The van der Waals surface area contributed by atoms with E-state index >= 15 is 0 Å². The lowest BCUT2D eigenvalue weighted by Gasteiger charge is -2.07. The van der Waals surface area contributed by atoms with Crippen molar-refractivity contribution in [3.63, 3.8) is 0 Å². The first-order valence-corrected chi connectivity index (χ1v) is 8.46. The van der Waals surface area contributed by atoms with Crippen LogP contribution >= 0.6 is 12.2 Å². The highest BCUT2D eigenvalue weighted by molar-refractivity contribution is 7.71. The molecule has 0 spiro atoms. The highest BCUT2D eigenvalue weighted by Crippen LogP contribution is 2.04. The summed E-state index contributed by atoms with van der Waals surface area (Å²) in [6, 6.07) is 0. The molecule has 1 rings (SSSR count). The lowest BCUT2D eigenvalue weighted by Crippen LogP contribution is -2.29.